The molecule has 0 amide bonds. The van der Waals surface area contributed by atoms with E-state index in [-0.39, 0.29) is 31.9 Å². The van der Waals surface area contributed by atoms with Crippen LogP contribution in [0.1, 0.15) is 111 Å². The zero-order valence-corrected chi connectivity index (χ0v) is 46.7. The quantitative estimate of drug-likeness (QED) is 0.111. The minimum Gasteiger partial charge on any atom is 0 e. The third-order valence-electron chi connectivity index (χ3n) is 14.1. The van der Waals surface area contributed by atoms with E-state index in [1.807, 2.05) is 44.3 Å². The molecule has 1 fully saturated rings. The van der Waals surface area contributed by atoms with E-state index < -0.39 is 13.3 Å². The zero-order chi connectivity index (χ0) is 48.1. The molecule has 6 heterocycles. The number of hydrogen-bond acceptors (Lipinski definition) is 6. The van der Waals surface area contributed by atoms with E-state index in [0.717, 1.165) is 67.6 Å². The van der Waals surface area contributed by atoms with Gasteiger partial charge in [0.15, 0.2) is 0 Å². The molecule has 0 unspecified atom stereocenters. The number of fused-ring (bicyclic) bond motifs is 5. The zero-order valence-electron chi connectivity index (χ0n) is 42.2. The van der Waals surface area contributed by atoms with Crippen molar-refractivity contribution in [3.63, 3.8) is 0 Å². The Morgan fingerprint density at radius 1 is 0.729 bits per heavy atom. The first kappa shape index (κ1) is 49.2. The fourth-order valence-corrected chi connectivity index (χ4v) is 13.8. The van der Waals surface area contributed by atoms with Gasteiger partial charge in [-0.3, -0.25) is 9.97 Å². The summed E-state index contributed by atoms with van der Waals surface area (Å²) < 4.78 is 10.4. The van der Waals surface area contributed by atoms with Crippen molar-refractivity contribution in [1.82, 2.24) is 29.5 Å². The van der Waals surface area contributed by atoms with E-state index in [2.05, 4.69) is 154 Å². The maximum absolute atomic E-state index is 6.53. The molecule has 1 aliphatic carbocycles. The normalized spacial score (nSPS) is 13.4. The van der Waals surface area contributed by atoms with Gasteiger partial charge in [0, 0.05) is 43.1 Å². The minimum atomic E-state index is -1.89. The van der Waals surface area contributed by atoms with Crippen LogP contribution >= 0.6 is 0 Å². The van der Waals surface area contributed by atoms with Gasteiger partial charge in [0.25, 0.3) is 0 Å². The average molecular weight is 1160 g/mol. The van der Waals surface area contributed by atoms with Crippen LogP contribution in [0.4, 0.5) is 0 Å². The van der Waals surface area contributed by atoms with Crippen molar-refractivity contribution < 1.29 is 24.5 Å². The second-order valence-electron chi connectivity index (χ2n) is 20.7. The summed E-state index contributed by atoms with van der Waals surface area (Å²) in [6.45, 7) is 15.1. The molecule has 1 aliphatic rings. The van der Waals surface area contributed by atoms with E-state index in [1.54, 1.807) is 9.96 Å². The predicted molar refractivity (Wildman–Crippen MR) is 289 cm³/mol. The van der Waals surface area contributed by atoms with Gasteiger partial charge < -0.3 is 14.0 Å². The Bertz CT molecular complexity index is 3500. The molecule has 10 aromatic rings. The van der Waals surface area contributed by atoms with Gasteiger partial charge in [-0.05, 0) is 118 Å². The molecule has 1 radical (unpaired) electrons. The molecule has 1 saturated carbocycles. The van der Waals surface area contributed by atoms with Crippen LogP contribution in [-0.2, 0) is 20.1 Å². The van der Waals surface area contributed by atoms with Crippen LogP contribution in [0.25, 0.3) is 83.3 Å². The minimum absolute atomic E-state index is 0. The summed E-state index contributed by atoms with van der Waals surface area (Å²) in [6, 6.07) is 40.0. The summed E-state index contributed by atoms with van der Waals surface area (Å²) in [4.78, 5) is 24.3. The van der Waals surface area contributed by atoms with Gasteiger partial charge in [0.2, 0.25) is 5.71 Å². The fraction of sp³-hybridized carbons (Fsp3) is 0.295. The fourth-order valence-electron chi connectivity index (χ4n) is 10.5. The predicted octanol–water partition coefficient (Wildman–Crippen LogP) is 15.7. The number of aromatic nitrogens is 6. The van der Waals surface area contributed by atoms with Gasteiger partial charge in [0.1, 0.15) is 0 Å². The van der Waals surface area contributed by atoms with Crippen molar-refractivity contribution in [2.75, 3.05) is 0 Å². The summed E-state index contributed by atoms with van der Waals surface area (Å²) in [7, 11) is 0. The molecule has 11 rings (SSSR count). The van der Waals surface area contributed by atoms with E-state index in [9.17, 15) is 0 Å². The molecular formula is C61H62GeIrN6O-2. The van der Waals surface area contributed by atoms with Gasteiger partial charge in [-0.1, -0.05) is 71.0 Å². The molecule has 0 atom stereocenters. The van der Waals surface area contributed by atoms with Gasteiger partial charge in [-0.15, -0.1) is 0 Å². The summed E-state index contributed by atoms with van der Waals surface area (Å²) in [5.41, 5.74) is 16.3. The van der Waals surface area contributed by atoms with Gasteiger partial charge >= 0.3 is 137 Å². The molecule has 357 valence electrons. The molecule has 0 aliphatic heterocycles. The number of rotatable bonds is 8. The summed E-state index contributed by atoms with van der Waals surface area (Å²) in [5, 5.41) is 4.35. The SMILES string of the molecule is Cc1ccc2c(n1)oc1c(-c3nc4ccnc(C)c4n3-c3c(C(C)C)cc(-c4ccc5ccccc5c4)cc3C(C)C)[c-]nc(C)c12.[CH3][Ge]([CH3])([CH3])[c]1cnc(-c2[c-]cccc2)cc1C1CCCCC1.[Ir]. The first-order valence-electron chi connectivity index (χ1n) is 24.8. The van der Waals surface area contributed by atoms with Crippen LogP contribution in [0.15, 0.2) is 120 Å². The Hall–Kier alpha value is -5.80. The number of aryl methyl sites for hydroxylation is 3. The van der Waals surface area contributed by atoms with Gasteiger partial charge in [-0.2, -0.15) is 0 Å². The monoisotopic (exact) mass is 1160 g/mol. The van der Waals surface area contributed by atoms with Crippen LogP contribution in [0, 0.1) is 33.0 Å². The number of hydrogen-bond donors (Lipinski definition) is 0. The third-order valence-corrected chi connectivity index (χ3v) is 18.4. The van der Waals surface area contributed by atoms with Crippen molar-refractivity contribution in [3.05, 3.63) is 162 Å². The first-order chi connectivity index (χ1) is 33.2. The van der Waals surface area contributed by atoms with Crippen LogP contribution in [0.5, 0.6) is 0 Å². The first-order valence-corrected chi connectivity index (χ1v) is 32.2. The molecule has 0 spiro atoms. The summed E-state index contributed by atoms with van der Waals surface area (Å²) in [5.74, 6) is 9.38. The molecule has 9 heteroatoms. The van der Waals surface area contributed by atoms with E-state index in [0.29, 0.717) is 16.9 Å². The molecule has 4 aromatic carbocycles. The van der Waals surface area contributed by atoms with Crippen LogP contribution in [-0.4, -0.2) is 42.8 Å². The molecule has 0 bridgehead atoms. The Kier molecular flexibility index (Phi) is 14.2. The van der Waals surface area contributed by atoms with E-state index in [4.69, 9.17) is 29.3 Å². The van der Waals surface area contributed by atoms with Crippen LogP contribution in [0.2, 0.25) is 17.3 Å². The van der Waals surface area contributed by atoms with Gasteiger partial charge in [0.05, 0.1) is 28.1 Å². The summed E-state index contributed by atoms with van der Waals surface area (Å²) in [6.07, 6.45) is 14.3. The Balaban J connectivity index is 0.000000222. The molecular weight excluding hydrogens is 1100 g/mol. The standard InChI is InChI=1S/C41H36N5O.C20H26GeN.Ir/c1-22(2)32-19-30(29-14-13-27-10-8-9-11-28(27)18-29)20-33(23(3)4)38(32)46-37-26(7)42-17-16-35(37)45-40(46)34-21-43-25(6)36-31-15-12-24(5)44-41(31)47-39(34)36;1-21(2,3)19-15-22-20(17-12-8-5-9-13-17)14-18(19)16-10-6-4-7-11-16;/h8-20,22-23H,1-7H3;5,8-9,12,14-16H,4,6-7,10-11H2,1-3H3;/q2*-1;. The smallest absolute Gasteiger partial charge is 0 e. The van der Waals surface area contributed by atoms with Crippen molar-refractivity contribution >= 4 is 61.5 Å². The van der Waals surface area contributed by atoms with Crippen LogP contribution < -0.4 is 4.40 Å². The molecule has 0 saturated heterocycles. The Morgan fingerprint density at radius 2 is 1.46 bits per heavy atom. The number of nitrogens with zero attached hydrogens (tertiary/aromatic N) is 6. The second-order valence-corrected chi connectivity index (χ2v) is 31.3. The molecule has 70 heavy (non-hydrogen) atoms. The second kappa shape index (κ2) is 20.1. The number of benzene rings is 4. The summed E-state index contributed by atoms with van der Waals surface area (Å²) >= 11 is -1.89. The van der Waals surface area contributed by atoms with Gasteiger partial charge in [-0.25, -0.2) is 4.98 Å². The maximum atomic E-state index is 6.53. The topological polar surface area (TPSA) is 82.5 Å². The number of pyridine rings is 4. The molecule has 6 aromatic heterocycles. The van der Waals surface area contributed by atoms with Crippen molar-refractivity contribution in [2.45, 2.75) is 116 Å². The number of imidazole rings is 1. The third kappa shape index (κ3) is 9.43. The van der Waals surface area contributed by atoms with E-state index in [1.165, 1.54) is 65.1 Å². The van der Waals surface area contributed by atoms with Crippen LogP contribution in [0.3, 0.4) is 0 Å². The van der Waals surface area contributed by atoms with E-state index >= 15 is 0 Å². The Morgan fingerprint density at radius 3 is 2.16 bits per heavy atom. The average Bonchev–Trinajstić information content (AvgIpc) is 3.94. The van der Waals surface area contributed by atoms with Crippen molar-refractivity contribution in [2.24, 2.45) is 0 Å². The number of furan rings is 1. The van der Waals surface area contributed by atoms with Crippen molar-refractivity contribution in [3.8, 4) is 39.5 Å². The maximum Gasteiger partial charge on any atom is 0 e. The molecule has 0 N–H and O–H groups in total. The van der Waals surface area contributed by atoms with Crippen molar-refractivity contribution in [1.29, 1.82) is 0 Å². The molecule has 7 nitrogen and oxygen atoms in total. The largest absolute Gasteiger partial charge is 0 e. The Labute approximate surface area is 429 Å².